The number of hydrogen-bond donors (Lipinski definition) is 2. The van der Waals surface area contributed by atoms with E-state index in [0.717, 1.165) is 57.8 Å². The lowest BCUT2D eigenvalue weighted by Crippen LogP contribution is -2.29. The second-order valence-corrected chi connectivity index (χ2v) is 15.7. The molecule has 0 aliphatic rings. The highest BCUT2D eigenvalue weighted by molar-refractivity contribution is 7.47. The van der Waals surface area contributed by atoms with Crippen molar-refractivity contribution in [2.24, 2.45) is 5.73 Å². The van der Waals surface area contributed by atoms with Crippen LogP contribution in [-0.4, -0.2) is 49.3 Å². The third-order valence-corrected chi connectivity index (χ3v) is 9.86. The molecule has 0 spiro atoms. The molecule has 318 valence electrons. The van der Waals surface area contributed by atoms with Crippen LogP contribution in [0.25, 0.3) is 0 Å². The Hall–Kier alpha value is -2.29. The highest BCUT2D eigenvalue weighted by Gasteiger charge is 2.25. The first-order chi connectivity index (χ1) is 26.8. The molecule has 2 atom stereocenters. The molecule has 0 bridgehead atoms. The monoisotopic (exact) mass is 794 g/mol. The first-order valence-corrected chi connectivity index (χ1v) is 23.3. The van der Waals surface area contributed by atoms with E-state index in [2.05, 4.69) is 74.6 Å². The third kappa shape index (κ3) is 41.2. The average molecular weight is 794 g/mol. The van der Waals surface area contributed by atoms with Crippen molar-refractivity contribution in [3.8, 4) is 0 Å². The van der Waals surface area contributed by atoms with Gasteiger partial charge in [-0.1, -0.05) is 145 Å². The van der Waals surface area contributed by atoms with Gasteiger partial charge in [0.1, 0.15) is 6.61 Å². The molecule has 0 aromatic carbocycles. The number of esters is 2. The standard InChI is InChI=1S/C45H80NO8P/c1-3-5-7-9-11-13-15-17-19-20-21-22-24-26-28-30-32-34-36-38-45(48)54-43(42-53-55(49,50)52-40-39-46)41-51-44(47)37-35-33-31-29-27-25-23-18-16-14-12-10-8-6-4-2/h11,13,17,19,21-22,26-29,43H,3-10,12,14-16,18,20,23-25,30-42,46H2,1-2H3,(H,49,50)/b13-11+,19-17+,22-21+,28-26+,29-27+/t43-/m1/s1. The van der Waals surface area contributed by atoms with E-state index < -0.39 is 32.5 Å². The first kappa shape index (κ1) is 52.7. The van der Waals surface area contributed by atoms with Crippen LogP contribution >= 0.6 is 7.82 Å². The number of phosphoric ester groups is 1. The second-order valence-electron chi connectivity index (χ2n) is 14.2. The van der Waals surface area contributed by atoms with Gasteiger partial charge in [0.05, 0.1) is 13.2 Å². The van der Waals surface area contributed by atoms with E-state index >= 15 is 0 Å². The largest absolute Gasteiger partial charge is 0.472 e. The van der Waals surface area contributed by atoms with Gasteiger partial charge in [-0.2, -0.15) is 0 Å². The minimum atomic E-state index is -4.39. The second kappa shape index (κ2) is 41.3. The summed E-state index contributed by atoms with van der Waals surface area (Å²) in [6.45, 7) is 3.63. The highest BCUT2D eigenvalue weighted by atomic mass is 31.2. The molecule has 0 rings (SSSR count). The summed E-state index contributed by atoms with van der Waals surface area (Å²) in [6, 6.07) is 0. The van der Waals surface area contributed by atoms with Crippen molar-refractivity contribution in [2.75, 3.05) is 26.4 Å². The van der Waals surface area contributed by atoms with E-state index in [9.17, 15) is 19.0 Å². The number of carbonyl (C=O) groups excluding carboxylic acids is 2. The lowest BCUT2D eigenvalue weighted by atomic mass is 10.1. The van der Waals surface area contributed by atoms with Crippen LogP contribution in [0.3, 0.4) is 0 Å². The number of carbonyl (C=O) groups is 2. The van der Waals surface area contributed by atoms with E-state index in [0.29, 0.717) is 12.8 Å². The molecule has 0 radical (unpaired) electrons. The fourth-order valence-electron chi connectivity index (χ4n) is 5.61. The summed E-state index contributed by atoms with van der Waals surface area (Å²) >= 11 is 0. The molecule has 9 nitrogen and oxygen atoms in total. The van der Waals surface area contributed by atoms with Gasteiger partial charge in [-0.15, -0.1) is 0 Å². The van der Waals surface area contributed by atoms with Gasteiger partial charge in [0.25, 0.3) is 0 Å². The molecule has 0 saturated heterocycles. The number of phosphoric acid groups is 1. The van der Waals surface area contributed by atoms with E-state index in [-0.39, 0.29) is 32.6 Å². The van der Waals surface area contributed by atoms with Crippen molar-refractivity contribution in [3.05, 3.63) is 60.8 Å². The van der Waals surface area contributed by atoms with Crippen LogP contribution in [0.2, 0.25) is 0 Å². The Kier molecular flexibility index (Phi) is 39.6. The fourth-order valence-corrected chi connectivity index (χ4v) is 6.38. The summed E-state index contributed by atoms with van der Waals surface area (Å²) in [5, 5.41) is 0. The zero-order valence-electron chi connectivity index (χ0n) is 34.9. The average Bonchev–Trinajstić information content (AvgIpc) is 3.17. The smallest absolute Gasteiger partial charge is 0.462 e. The van der Waals surface area contributed by atoms with Crippen LogP contribution in [0.4, 0.5) is 0 Å². The molecule has 3 N–H and O–H groups in total. The molecule has 0 fully saturated rings. The van der Waals surface area contributed by atoms with Crippen molar-refractivity contribution in [1.82, 2.24) is 0 Å². The van der Waals surface area contributed by atoms with E-state index in [1.165, 1.54) is 83.5 Å². The summed E-state index contributed by atoms with van der Waals surface area (Å²) < 4.78 is 32.7. The number of unbranched alkanes of at least 4 members (excludes halogenated alkanes) is 17. The van der Waals surface area contributed by atoms with Gasteiger partial charge in [-0.05, 0) is 83.5 Å². The SMILES string of the molecule is CCCCC/C=C/C/C=C/C/C=C/C/C=C/CCCCCC(=O)O[C@H](COC(=O)CCCC/C=C/CCCCCCCCCCC)COP(=O)(O)OCCN. The van der Waals surface area contributed by atoms with E-state index in [4.69, 9.17) is 24.3 Å². The summed E-state index contributed by atoms with van der Waals surface area (Å²) in [4.78, 5) is 34.8. The minimum absolute atomic E-state index is 0.0431. The van der Waals surface area contributed by atoms with Gasteiger partial charge >= 0.3 is 19.8 Å². The van der Waals surface area contributed by atoms with Gasteiger partial charge in [0.2, 0.25) is 0 Å². The zero-order chi connectivity index (χ0) is 40.3. The Labute approximate surface area is 336 Å². The van der Waals surface area contributed by atoms with Crippen LogP contribution < -0.4 is 5.73 Å². The molecular weight excluding hydrogens is 713 g/mol. The molecule has 0 aliphatic carbocycles. The highest BCUT2D eigenvalue weighted by Crippen LogP contribution is 2.43. The quantitative estimate of drug-likeness (QED) is 0.0269. The Morgan fingerprint density at radius 3 is 1.49 bits per heavy atom. The van der Waals surface area contributed by atoms with Crippen LogP contribution in [0.1, 0.15) is 181 Å². The fraction of sp³-hybridized carbons (Fsp3) is 0.733. The van der Waals surface area contributed by atoms with Gasteiger partial charge in [0.15, 0.2) is 6.10 Å². The summed E-state index contributed by atoms with van der Waals surface area (Å²) in [6.07, 6.45) is 48.2. The van der Waals surface area contributed by atoms with Gasteiger partial charge in [-0.3, -0.25) is 18.6 Å². The summed E-state index contributed by atoms with van der Waals surface area (Å²) in [5.41, 5.74) is 5.34. The van der Waals surface area contributed by atoms with Crippen molar-refractivity contribution in [3.63, 3.8) is 0 Å². The lowest BCUT2D eigenvalue weighted by Gasteiger charge is -2.19. The summed E-state index contributed by atoms with van der Waals surface area (Å²) in [5.74, 6) is -0.893. The van der Waals surface area contributed by atoms with Crippen LogP contribution in [0.5, 0.6) is 0 Å². The molecule has 55 heavy (non-hydrogen) atoms. The molecule has 0 heterocycles. The molecule has 0 aromatic heterocycles. The maximum absolute atomic E-state index is 12.6. The zero-order valence-corrected chi connectivity index (χ0v) is 35.8. The van der Waals surface area contributed by atoms with Crippen molar-refractivity contribution in [2.45, 2.75) is 187 Å². The molecule has 0 amide bonds. The first-order valence-electron chi connectivity index (χ1n) is 21.8. The normalized spacial score (nSPS) is 13.9. The minimum Gasteiger partial charge on any atom is -0.462 e. The number of hydrogen-bond acceptors (Lipinski definition) is 8. The van der Waals surface area contributed by atoms with E-state index in [1.54, 1.807) is 0 Å². The lowest BCUT2D eigenvalue weighted by molar-refractivity contribution is -0.161. The third-order valence-electron chi connectivity index (χ3n) is 8.88. The van der Waals surface area contributed by atoms with Crippen molar-refractivity contribution in [1.29, 1.82) is 0 Å². The molecular formula is C45H80NO8P. The van der Waals surface area contributed by atoms with Crippen LogP contribution in [0, 0.1) is 0 Å². The predicted octanol–water partition coefficient (Wildman–Crippen LogP) is 12.5. The number of allylic oxidation sites excluding steroid dienone is 10. The molecule has 10 heteroatoms. The van der Waals surface area contributed by atoms with Crippen LogP contribution in [-0.2, 0) is 32.7 Å². The van der Waals surface area contributed by atoms with Crippen molar-refractivity contribution < 1.29 is 37.6 Å². The van der Waals surface area contributed by atoms with Gasteiger partial charge in [-0.25, -0.2) is 4.57 Å². The Morgan fingerprint density at radius 1 is 0.545 bits per heavy atom. The molecule has 1 unspecified atom stereocenters. The molecule has 0 aromatic rings. The van der Waals surface area contributed by atoms with Gasteiger partial charge in [0, 0.05) is 19.4 Å². The van der Waals surface area contributed by atoms with Gasteiger partial charge < -0.3 is 20.1 Å². The van der Waals surface area contributed by atoms with Crippen molar-refractivity contribution >= 4 is 19.8 Å². The number of rotatable bonds is 40. The maximum atomic E-state index is 12.6. The Morgan fingerprint density at radius 2 is 0.945 bits per heavy atom. The Balaban J connectivity index is 4.26. The van der Waals surface area contributed by atoms with E-state index in [1.807, 2.05) is 0 Å². The molecule has 0 aliphatic heterocycles. The summed E-state index contributed by atoms with van der Waals surface area (Å²) in [7, 11) is -4.39. The van der Waals surface area contributed by atoms with Crippen LogP contribution in [0.15, 0.2) is 60.8 Å². The topological polar surface area (TPSA) is 134 Å². The predicted molar refractivity (Wildman–Crippen MR) is 229 cm³/mol. The molecule has 0 saturated carbocycles. The Bertz CT molecular complexity index is 1090. The number of ether oxygens (including phenoxy) is 2. The number of nitrogens with two attached hydrogens (primary N) is 1. The maximum Gasteiger partial charge on any atom is 0.472 e.